The highest BCUT2D eigenvalue weighted by Crippen LogP contribution is 2.33. The summed E-state index contributed by atoms with van der Waals surface area (Å²) in [5.74, 6) is 9.11. The maximum Gasteiger partial charge on any atom is 0.210 e. The summed E-state index contributed by atoms with van der Waals surface area (Å²) >= 11 is 13.4. The highest BCUT2D eigenvalue weighted by molar-refractivity contribution is 7.99. The standard InChI is InChI=1S/C18H18Cl2N4O3S/c1-25-12-4-5-13(16(10-12)26-2)17-22-23-18(24(17)21)28-8-7-27-15-6-3-11(19)9-14(15)20/h3-6,9-10H,7-8,21H2,1-2H3. The Kier molecular flexibility index (Phi) is 6.77. The van der Waals surface area contributed by atoms with Crippen molar-refractivity contribution >= 4 is 35.0 Å². The van der Waals surface area contributed by atoms with Gasteiger partial charge in [-0.05, 0) is 30.3 Å². The highest BCUT2D eigenvalue weighted by atomic mass is 35.5. The summed E-state index contributed by atoms with van der Waals surface area (Å²) in [6, 6.07) is 10.5. The monoisotopic (exact) mass is 440 g/mol. The minimum absolute atomic E-state index is 0.417. The number of hydrogen-bond donors (Lipinski definition) is 1. The zero-order valence-electron chi connectivity index (χ0n) is 15.2. The van der Waals surface area contributed by atoms with Gasteiger partial charge in [-0.15, -0.1) is 10.2 Å². The van der Waals surface area contributed by atoms with E-state index in [9.17, 15) is 0 Å². The molecule has 0 radical (unpaired) electrons. The van der Waals surface area contributed by atoms with Crippen molar-refractivity contribution in [2.24, 2.45) is 0 Å². The average Bonchev–Trinajstić information content (AvgIpc) is 3.06. The van der Waals surface area contributed by atoms with Crippen molar-refractivity contribution in [3.05, 3.63) is 46.4 Å². The van der Waals surface area contributed by atoms with E-state index < -0.39 is 0 Å². The van der Waals surface area contributed by atoms with Crippen molar-refractivity contribution < 1.29 is 14.2 Å². The lowest BCUT2D eigenvalue weighted by Gasteiger charge is -2.10. The lowest BCUT2D eigenvalue weighted by Crippen LogP contribution is -2.12. The van der Waals surface area contributed by atoms with Crippen LogP contribution in [0.5, 0.6) is 17.2 Å². The average molecular weight is 441 g/mol. The topological polar surface area (TPSA) is 84.4 Å². The Balaban J connectivity index is 1.65. The molecule has 0 amide bonds. The van der Waals surface area contributed by atoms with Crippen molar-refractivity contribution in [1.29, 1.82) is 0 Å². The number of ether oxygens (including phenoxy) is 3. The Morgan fingerprint density at radius 3 is 2.57 bits per heavy atom. The van der Waals surface area contributed by atoms with Gasteiger partial charge in [-0.2, -0.15) is 0 Å². The molecular formula is C18H18Cl2N4O3S. The number of thioether (sulfide) groups is 1. The summed E-state index contributed by atoms with van der Waals surface area (Å²) in [4.78, 5) is 0. The van der Waals surface area contributed by atoms with Crippen LogP contribution in [0.25, 0.3) is 11.4 Å². The molecule has 1 aromatic heterocycles. The summed E-state index contributed by atoms with van der Waals surface area (Å²) < 4.78 is 17.7. The van der Waals surface area contributed by atoms with Crippen LogP contribution in [0.3, 0.4) is 0 Å². The smallest absolute Gasteiger partial charge is 0.210 e. The second-order valence-electron chi connectivity index (χ2n) is 5.51. The fourth-order valence-electron chi connectivity index (χ4n) is 2.42. The molecule has 0 aliphatic heterocycles. The zero-order chi connectivity index (χ0) is 20.1. The van der Waals surface area contributed by atoms with E-state index in [0.29, 0.717) is 56.2 Å². The number of hydrogen-bond acceptors (Lipinski definition) is 7. The Labute approximate surface area is 176 Å². The molecule has 2 aromatic carbocycles. The van der Waals surface area contributed by atoms with Gasteiger partial charge in [0.25, 0.3) is 0 Å². The molecule has 3 aromatic rings. The highest BCUT2D eigenvalue weighted by Gasteiger charge is 2.17. The lowest BCUT2D eigenvalue weighted by atomic mass is 10.2. The minimum atomic E-state index is 0.417. The third-order valence-corrected chi connectivity index (χ3v) is 5.22. The molecule has 0 saturated carbocycles. The molecule has 10 heteroatoms. The van der Waals surface area contributed by atoms with Crippen molar-refractivity contribution in [1.82, 2.24) is 14.9 Å². The second kappa shape index (κ2) is 9.27. The van der Waals surface area contributed by atoms with Crippen LogP contribution in [0.15, 0.2) is 41.6 Å². The van der Waals surface area contributed by atoms with E-state index in [1.165, 1.54) is 16.4 Å². The van der Waals surface area contributed by atoms with Crippen LogP contribution in [-0.4, -0.2) is 41.5 Å². The molecular weight excluding hydrogens is 423 g/mol. The molecule has 0 spiro atoms. The fraction of sp³-hybridized carbons (Fsp3) is 0.222. The van der Waals surface area contributed by atoms with Gasteiger partial charge < -0.3 is 20.1 Å². The largest absolute Gasteiger partial charge is 0.497 e. The van der Waals surface area contributed by atoms with Crippen molar-refractivity contribution in [3.63, 3.8) is 0 Å². The van der Waals surface area contributed by atoms with Crippen LogP contribution in [0.2, 0.25) is 10.0 Å². The first-order valence-electron chi connectivity index (χ1n) is 8.17. The predicted molar refractivity (Wildman–Crippen MR) is 111 cm³/mol. The molecule has 0 aliphatic rings. The Bertz CT molecular complexity index is 968. The quantitative estimate of drug-likeness (QED) is 0.319. The first kappa shape index (κ1) is 20.4. The summed E-state index contributed by atoms with van der Waals surface area (Å²) in [6.45, 7) is 0.417. The summed E-state index contributed by atoms with van der Waals surface area (Å²) in [6.07, 6.45) is 0. The first-order valence-corrected chi connectivity index (χ1v) is 9.91. The number of rotatable bonds is 8. The third kappa shape index (κ3) is 4.57. The molecule has 0 saturated heterocycles. The molecule has 0 aliphatic carbocycles. The number of benzene rings is 2. The maximum atomic E-state index is 6.17. The van der Waals surface area contributed by atoms with Gasteiger partial charge in [0.2, 0.25) is 5.16 Å². The van der Waals surface area contributed by atoms with E-state index in [2.05, 4.69) is 10.2 Å². The molecule has 0 atom stereocenters. The van der Waals surface area contributed by atoms with E-state index in [1.807, 2.05) is 12.1 Å². The first-order chi connectivity index (χ1) is 13.5. The predicted octanol–water partition coefficient (Wildman–Crippen LogP) is 4.15. The van der Waals surface area contributed by atoms with Gasteiger partial charge in [0.1, 0.15) is 17.2 Å². The maximum absolute atomic E-state index is 6.17. The summed E-state index contributed by atoms with van der Waals surface area (Å²) in [5, 5.41) is 9.91. The Morgan fingerprint density at radius 2 is 1.86 bits per heavy atom. The van der Waals surface area contributed by atoms with Crippen LogP contribution in [-0.2, 0) is 0 Å². The van der Waals surface area contributed by atoms with Gasteiger partial charge >= 0.3 is 0 Å². The fourth-order valence-corrected chi connectivity index (χ4v) is 3.56. The van der Waals surface area contributed by atoms with E-state index in [4.69, 9.17) is 43.3 Å². The number of nitrogens with two attached hydrogens (primary N) is 1. The van der Waals surface area contributed by atoms with Crippen LogP contribution in [0.4, 0.5) is 0 Å². The van der Waals surface area contributed by atoms with E-state index in [-0.39, 0.29) is 0 Å². The zero-order valence-corrected chi connectivity index (χ0v) is 17.5. The van der Waals surface area contributed by atoms with Gasteiger partial charge in [-0.3, -0.25) is 0 Å². The van der Waals surface area contributed by atoms with Crippen molar-refractivity contribution in [2.75, 3.05) is 32.4 Å². The number of halogens is 2. The molecule has 28 heavy (non-hydrogen) atoms. The van der Waals surface area contributed by atoms with Gasteiger partial charge in [-0.25, -0.2) is 4.68 Å². The number of methoxy groups -OCH3 is 2. The van der Waals surface area contributed by atoms with Crippen molar-refractivity contribution in [2.45, 2.75) is 5.16 Å². The van der Waals surface area contributed by atoms with Gasteiger partial charge in [0.15, 0.2) is 5.82 Å². The molecule has 3 rings (SSSR count). The molecule has 0 fully saturated rings. The van der Waals surface area contributed by atoms with Gasteiger partial charge in [0.05, 0.1) is 31.4 Å². The van der Waals surface area contributed by atoms with E-state index in [0.717, 1.165) is 0 Å². The summed E-state index contributed by atoms with van der Waals surface area (Å²) in [7, 11) is 3.16. The van der Waals surface area contributed by atoms with Crippen LogP contribution in [0, 0.1) is 0 Å². The third-order valence-electron chi connectivity index (χ3n) is 3.78. The van der Waals surface area contributed by atoms with Crippen molar-refractivity contribution in [3.8, 4) is 28.6 Å². The van der Waals surface area contributed by atoms with Crippen LogP contribution >= 0.6 is 35.0 Å². The molecule has 0 unspecified atom stereocenters. The van der Waals surface area contributed by atoms with Gasteiger partial charge in [-0.1, -0.05) is 35.0 Å². The number of nitrogen functional groups attached to an aromatic ring is 1. The van der Waals surface area contributed by atoms with Gasteiger partial charge in [0, 0.05) is 16.8 Å². The second-order valence-corrected chi connectivity index (χ2v) is 7.42. The van der Waals surface area contributed by atoms with E-state index in [1.54, 1.807) is 38.5 Å². The summed E-state index contributed by atoms with van der Waals surface area (Å²) in [5.41, 5.74) is 0.717. The molecule has 1 heterocycles. The van der Waals surface area contributed by atoms with Crippen LogP contribution in [0.1, 0.15) is 0 Å². The van der Waals surface area contributed by atoms with Crippen LogP contribution < -0.4 is 20.1 Å². The molecule has 0 bridgehead atoms. The normalized spacial score (nSPS) is 10.7. The number of aromatic nitrogens is 3. The molecule has 2 N–H and O–H groups in total. The molecule has 148 valence electrons. The molecule has 7 nitrogen and oxygen atoms in total. The SMILES string of the molecule is COc1ccc(-c2nnc(SCCOc3ccc(Cl)cc3Cl)n2N)c(OC)c1. The van der Waals surface area contributed by atoms with E-state index >= 15 is 0 Å². The lowest BCUT2D eigenvalue weighted by molar-refractivity contribution is 0.344. The minimum Gasteiger partial charge on any atom is -0.497 e. The Hall–Kier alpha value is -2.29. The Morgan fingerprint density at radius 1 is 1.04 bits per heavy atom. The number of nitrogens with zero attached hydrogens (tertiary/aromatic N) is 3.